The van der Waals surface area contributed by atoms with Gasteiger partial charge in [0, 0.05) is 12.5 Å². The van der Waals surface area contributed by atoms with Crippen LogP contribution in [0.4, 0.5) is 9.18 Å². The summed E-state index contributed by atoms with van der Waals surface area (Å²) in [7, 11) is 0. The Bertz CT molecular complexity index is 771. The molecule has 3 rings (SSSR count). The number of ether oxygens (including phenoxy) is 1. The molecule has 27 heavy (non-hydrogen) atoms. The van der Waals surface area contributed by atoms with Gasteiger partial charge >= 0.3 is 0 Å². The van der Waals surface area contributed by atoms with E-state index in [0.29, 0.717) is 25.2 Å². The van der Waals surface area contributed by atoms with Crippen LogP contribution in [0.1, 0.15) is 23.5 Å². The summed E-state index contributed by atoms with van der Waals surface area (Å²) >= 11 is 1.11. The number of nitrogens with one attached hydrogen (secondary N) is 1. The van der Waals surface area contributed by atoms with Crippen LogP contribution in [0.15, 0.2) is 48.5 Å². The third-order valence-electron chi connectivity index (χ3n) is 4.49. The van der Waals surface area contributed by atoms with Crippen LogP contribution in [-0.4, -0.2) is 40.1 Å². The Kier molecular flexibility index (Phi) is 6.71. The first-order chi connectivity index (χ1) is 13.0. The van der Waals surface area contributed by atoms with E-state index in [9.17, 15) is 19.4 Å². The standard InChI is InChI=1S/C20H22FNO4S/c21-16-3-1-2-14(11-16)15(8-9-23)12-26-17-6-4-13(5-7-17)10-18-19(24)22-20(25)27-18/h1-7,11,15,18-19,23-24H,8-10,12H2,(H,22,25). The van der Waals surface area contributed by atoms with Crippen LogP contribution < -0.4 is 10.1 Å². The highest BCUT2D eigenvalue weighted by Crippen LogP contribution is 2.27. The maximum absolute atomic E-state index is 13.4. The zero-order valence-corrected chi connectivity index (χ0v) is 15.5. The van der Waals surface area contributed by atoms with Crippen molar-refractivity contribution in [1.82, 2.24) is 5.32 Å². The summed E-state index contributed by atoms with van der Waals surface area (Å²) in [4.78, 5) is 11.3. The minimum atomic E-state index is -0.830. The predicted molar refractivity (Wildman–Crippen MR) is 102 cm³/mol. The van der Waals surface area contributed by atoms with Gasteiger partial charge in [-0.3, -0.25) is 4.79 Å². The molecule has 1 heterocycles. The molecule has 2 aromatic rings. The first kappa shape index (κ1) is 19.7. The maximum Gasteiger partial charge on any atom is 0.281 e. The van der Waals surface area contributed by atoms with Crippen molar-refractivity contribution >= 4 is 17.0 Å². The smallest absolute Gasteiger partial charge is 0.281 e. The lowest BCUT2D eigenvalue weighted by molar-refractivity contribution is 0.152. The van der Waals surface area contributed by atoms with Crippen molar-refractivity contribution in [3.63, 3.8) is 0 Å². The fourth-order valence-electron chi connectivity index (χ4n) is 3.02. The molecule has 2 aromatic carbocycles. The highest BCUT2D eigenvalue weighted by atomic mass is 32.2. The molecule has 1 aliphatic rings. The van der Waals surface area contributed by atoms with E-state index in [1.54, 1.807) is 6.07 Å². The molecule has 3 unspecified atom stereocenters. The summed E-state index contributed by atoms with van der Waals surface area (Å²) in [6.45, 7) is 0.330. The van der Waals surface area contributed by atoms with Gasteiger partial charge in [-0.2, -0.15) is 0 Å². The quantitative estimate of drug-likeness (QED) is 0.645. The summed E-state index contributed by atoms with van der Waals surface area (Å²) in [6.07, 6.45) is 0.227. The van der Waals surface area contributed by atoms with Crippen LogP contribution in [0.3, 0.4) is 0 Å². The fraction of sp³-hybridized carbons (Fsp3) is 0.350. The predicted octanol–water partition coefficient (Wildman–Crippen LogP) is 3.06. The van der Waals surface area contributed by atoms with Gasteiger partial charge in [-0.05, 0) is 48.2 Å². The van der Waals surface area contributed by atoms with E-state index < -0.39 is 6.23 Å². The van der Waals surface area contributed by atoms with Crippen LogP contribution >= 0.6 is 11.8 Å². The molecule has 3 N–H and O–H groups in total. The summed E-state index contributed by atoms with van der Waals surface area (Å²) in [5.74, 6) is 0.263. The molecular formula is C20H22FNO4S. The zero-order chi connectivity index (χ0) is 19.2. The van der Waals surface area contributed by atoms with Crippen molar-refractivity contribution in [2.75, 3.05) is 13.2 Å². The van der Waals surface area contributed by atoms with Crippen molar-refractivity contribution in [2.45, 2.75) is 30.2 Å². The van der Waals surface area contributed by atoms with E-state index in [-0.39, 0.29) is 28.8 Å². The van der Waals surface area contributed by atoms with Crippen molar-refractivity contribution in [3.8, 4) is 5.75 Å². The topological polar surface area (TPSA) is 78.8 Å². The average molecular weight is 391 g/mol. The Morgan fingerprint density at radius 2 is 2.00 bits per heavy atom. The van der Waals surface area contributed by atoms with Crippen LogP contribution in [0.25, 0.3) is 0 Å². The molecular weight excluding hydrogens is 369 g/mol. The SMILES string of the molecule is O=C1NC(O)C(Cc2ccc(OCC(CCO)c3cccc(F)c3)cc2)S1. The lowest BCUT2D eigenvalue weighted by atomic mass is 9.97. The third-order valence-corrected chi connectivity index (χ3v) is 5.54. The summed E-state index contributed by atoms with van der Waals surface area (Å²) in [5.41, 5.74) is 1.79. The molecule has 1 saturated heterocycles. The fourth-order valence-corrected chi connectivity index (χ4v) is 3.95. The molecule has 1 amide bonds. The van der Waals surface area contributed by atoms with E-state index in [0.717, 1.165) is 22.9 Å². The molecule has 0 saturated carbocycles. The van der Waals surface area contributed by atoms with E-state index in [1.807, 2.05) is 30.3 Å². The number of benzene rings is 2. The second-order valence-electron chi connectivity index (χ2n) is 6.46. The van der Waals surface area contributed by atoms with Gasteiger partial charge in [-0.25, -0.2) is 4.39 Å². The van der Waals surface area contributed by atoms with Crippen molar-refractivity contribution in [1.29, 1.82) is 0 Å². The van der Waals surface area contributed by atoms with Gasteiger partial charge in [-0.15, -0.1) is 0 Å². The zero-order valence-electron chi connectivity index (χ0n) is 14.7. The van der Waals surface area contributed by atoms with E-state index >= 15 is 0 Å². The number of amides is 1. The molecule has 0 radical (unpaired) electrons. The first-order valence-corrected chi connectivity index (χ1v) is 9.66. The van der Waals surface area contributed by atoms with Gasteiger partial charge < -0.3 is 20.3 Å². The van der Waals surface area contributed by atoms with Crippen molar-refractivity contribution in [2.24, 2.45) is 0 Å². The molecule has 0 aliphatic carbocycles. The Labute approximate surface area is 161 Å². The average Bonchev–Trinajstić information content (AvgIpc) is 2.97. The number of hydrogen-bond acceptors (Lipinski definition) is 5. The van der Waals surface area contributed by atoms with E-state index in [4.69, 9.17) is 4.74 Å². The molecule has 3 atom stereocenters. The van der Waals surface area contributed by atoms with Crippen molar-refractivity contribution < 1.29 is 24.1 Å². The summed E-state index contributed by atoms with van der Waals surface area (Å²) in [5, 5.41) is 21.1. The second kappa shape index (κ2) is 9.21. The molecule has 0 spiro atoms. The van der Waals surface area contributed by atoms with Gasteiger partial charge in [-0.1, -0.05) is 36.0 Å². The number of aliphatic hydroxyl groups excluding tert-OH is 2. The van der Waals surface area contributed by atoms with Gasteiger partial charge in [0.2, 0.25) is 0 Å². The van der Waals surface area contributed by atoms with Gasteiger partial charge in [0.1, 0.15) is 17.8 Å². The number of hydrogen-bond donors (Lipinski definition) is 3. The Morgan fingerprint density at radius 1 is 1.22 bits per heavy atom. The van der Waals surface area contributed by atoms with Crippen LogP contribution in [0.5, 0.6) is 5.75 Å². The number of thioether (sulfide) groups is 1. The molecule has 0 aromatic heterocycles. The largest absolute Gasteiger partial charge is 0.493 e. The lowest BCUT2D eigenvalue weighted by Crippen LogP contribution is -2.31. The molecule has 5 nitrogen and oxygen atoms in total. The van der Waals surface area contributed by atoms with Crippen LogP contribution in [0, 0.1) is 5.82 Å². The lowest BCUT2D eigenvalue weighted by Gasteiger charge is -2.18. The van der Waals surface area contributed by atoms with Crippen LogP contribution in [0.2, 0.25) is 0 Å². The number of aliphatic hydroxyl groups is 2. The number of halogens is 1. The Morgan fingerprint density at radius 3 is 2.63 bits per heavy atom. The highest BCUT2D eigenvalue weighted by molar-refractivity contribution is 8.14. The Balaban J connectivity index is 1.57. The van der Waals surface area contributed by atoms with Crippen molar-refractivity contribution in [3.05, 3.63) is 65.5 Å². The van der Waals surface area contributed by atoms with Gasteiger partial charge in [0.05, 0.1) is 11.9 Å². The maximum atomic E-state index is 13.4. The van der Waals surface area contributed by atoms with Gasteiger partial charge in [0.15, 0.2) is 0 Å². The van der Waals surface area contributed by atoms with E-state index in [2.05, 4.69) is 5.32 Å². The first-order valence-electron chi connectivity index (χ1n) is 8.78. The monoisotopic (exact) mass is 391 g/mol. The minimum Gasteiger partial charge on any atom is -0.493 e. The third kappa shape index (κ3) is 5.45. The molecule has 1 aliphatic heterocycles. The normalized spacial score (nSPS) is 20.3. The summed E-state index contributed by atoms with van der Waals surface area (Å²) in [6, 6.07) is 13.8. The van der Waals surface area contributed by atoms with Crippen LogP contribution in [-0.2, 0) is 6.42 Å². The highest BCUT2D eigenvalue weighted by Gasteiger charge is 2.31. The minimum absolute atomic E-state index is 0.00237. The molecule has 1 fully saturated rings. The molecule has 7 heteroatoms. The Hall–Kier alpha value is -2.09. The number of carbonyl (C=O) groups is 1. The second-order valence-corrected chi connectivity index (χ2v) is 7.67. The number of rotatable bonds is 8. The number of carbonyl (C=O) groups excluding carboxylic acids is 1. The van der Waals surface area contributed by atoms with E-state index in [1.165, 1.54) is 12.1 Å². The van der Waals surface area contributed by atoms with Gasteiger partial charge in [0.25, 0.3) is 5.24 Å². The summed E-state index contributed by atoms with van der Waals surface area (Å²) < 4.78 is 19.3. The molecule has 144 valence electrons. The molecule has 0 bridgehead atoms.